The van der Waals surface area contributed by atoms with Crippen LogP contribution in [0.4, 0.5) is 0 Å². The number of unbranched alkanes of at least 4 members (excludes halogenated alkanes) is 1. The van der Waals surface area contributed by atoms with E-state index in [1.165, 1.54) is 12.8 Å². The van der Waals surface area contributed by atoms with Crippen molar-refractivity contribution in [2.24, 2.45) is 11.7 Å². The molecule has 0 bridgehead atoms. The maximum Gasteiger partial charge on any atom is 0.242 e. The molecule has 3 rings (SSSR count). The number of nitrogens with two attached hydrogens (primary N) is 1. The van der Waals surface area contributed by atoms with Gasteiger partial charge in [-0.1, -0.05) is 25.5 Å². The second kappa shape index (κ2) is 12.6. The van der Waals surface area contributed by atoms with Crippen LogP contribution in [0.5, 0.6) is 5.75 Å². The van der Waals surface area contributed by atoms with Crippen LogP contribution in [0.15, 0.2) is 48.8 Å². The highest BCUT2D eigenvalue weighted by Gasteiger charge is 2.38. The van der Waals surface area contributed by atoms with Gasteiger partial charge in [-0.15, -0.1) is 0 Å². The Morgan fingerprint density at radius 2 is 1.91 bits per heavy atom. The van der Waals surface area contributed by atoms with Crippen LogP contribution >= 0.6 is 0 Å². The minimum atomic E-state index is -0.919. The molecule has 1 atom stereocenters. The first-order valence-electron chi connectivity index (χ1n) is 12.0. The summed E-state index contributed by atoms with van der Waals surface area (Å²) in [5, 5.41) is 7.00. The van der Waals surface area contributed by atoms with Gasteiger partial charge in [0.25, 0.3) is 0 Å². The van der Waals surface area contributed by atoms with Gasteiger partial charge in [-0.05, 0) is 99.5 Å². The highest BCUT2D eigenvalue weighted by molar-refractivity contribution is 5.86. The molecular formula is C26H38N4O2. The minimum Gasteiger partial charge on any atom is -0.494 e. The number of nitrogens with zero attached hydrogens (tertiary/aromatic N) is 1. The average molecular weight is 439 g/mol. The highest BCUT2D eigenvalue weighted by Crippen LogP contribution is 2.29. The molecule has 2 aromatic rings. The number of aromatic nitrogens is 1. The fourth-order valence-corrected chi connectivity index (χ4v) is 4.40. The number of amides is 1. The van der Waals surface area contributed by atoms with Gasteiger partial charge in [0.1, 0.15) is 11.3 Å². The van der Waals surface area contributed by atoms with Crippen molar-refractivity contribution in [1.82, 2.24) is 15.6 Å². The number of piperidine rings is 1. The van der Waals surface area contributed by atoms with E-state index in [9.17, 15) is 4.79 Å². The van der Waals surface area contributed by atoms with E-state index >= 15 is 0 Å². The molecule has 32 heavy (non-hydrogen) atoms. The Balaban J connectivity index is 1.76. The third-order valence-corrected chi connectivity index (χ3v) is 6.51. The number of hydrogen-bond acceptors (Lipinski definition) is 5. The third-order valence-electron chi connectivity index (χ3n) is 6.51. The first kappa shape index (κ1) is 24.2. The number of carbonyl (C=O) groups is 1. The van der Waals surface area contributed by atoms with Gasteiger partial charge in [-0.25, -0.2) is 0 Å². The predicted octanol–water partition coefficient (Wildman–Crippen LogP) is 3.55. The quantitative estimate of drug-likeness (QED) is 0.416. The molecule has 0 radical (unpaired) electrons. The number of primary amides is 1. The summed E-state index contributed by atoms with van der Waals surface area (Å²) in [6.45, 7) is 5.76. The number of aryl methyl sites for hydroxylation is 1. The largest absolute Gasteiger partial charge is 0.494 e. The van der Waals surface area contributed by atoms with Gasteiger partial charge < -0.3 is 15.8 Å². The molecule has 1 aromatic heterocycles. The summed E-state index contributed by atoms with van der Waals surface area (Å²) in [6, 6.07) is 11.8. The van der Waals surface area contributed by atoms with Crippen molar-refractivity contribution in [2.45, 2.75) is 57.4 Å². The van der Waals surface area contributed by atoms with E-state index in [1.54, 1.807) is 12.4 Å². The molecule has 0 aliphatic carbocycles. The van der Waals surface area contributed by atoms with Crippen LogP contribution in [-0.2, 0) is 16.8 Å². The number of pyridine rings is 1. The fourth-order valence-electron chi connectivity index (χ4n) is 4.40. The number of ether oxygens (including phenoxy) is 1. The number of hydrogen-bond donors (Lipinski definition) is 3. The van der Waals surface area contributed by atoms with Crippen LogP contribution in [0.2, 0.25) is 0 Å². The summed E-state index contributed by atoms with van der Waals surface area (Å²) >= 11 is 0. The third kappa shape index (κ3) is 6.78. The van der Waals surface area contributed by atoms with E-state index in [4.69, 9.17) is 10.5 Å². The van der Waals surface area contributed by atoms with E-state index in [0.29, 0.717) is 18.9 Å². The molecule has 1 saturated heterocycles. The lowest BCUT2D eigenvalue weighted by Gasteiger charge is -2.34. The Bertz CT molecular complexity index is 806. The molecular weight excluding hydrogens is 400 g/mol. The number of benzene rings is 1. The first-order valence-corrected chi connectivity index (χ1v) is 12.0. The first-order chi connectivity index (χ1) is 15.6. The SMILES string of the molecule is CCCCOc1ccc(C(CCc2ccncc2)(NCCC2CCNCC2)C(N)=O)cc1. The van der Waals surface area contributed by atoms with Crippen molar-refractivity contribution in [3.05, 3.63) is 59.9 Å². The van der Waals surface area contributed by atoms with E-state index in [-0.39, 0.29) is 5.91 Å². The zero-order valence-electron chi connectivity index (χ0n) is 19.3. The Hall–Kier alpha value is -2.44. The molecule has 1 unspecified atom stereocenters. The molecule has 1 aliphatic heterocycles. The van der Waals surface area contributed by atoms with E-state index in [0.717, 1.165) is 62.2 Å². The summed E-state index contributed by atoms with van der Waals surface area (Å²) in [5.74, 6) is 1.17. The van der Waals surface area contributed by atoms with Crippen molar-refractivity contribution in [3.63, 3.8) is 0 Å². The van der Waals surface area contributed by atoms with Crippen LogP contribution in [0.3, 0.4) is 0 Å². The summed E-state index contributed by atoms with van der Waals surface area (Å²) in [4.78, 5) is 17.0. The lowest BCUT2D eigenvalue weighted by Crippen LogP contribution is -2.53. The van der Waals surface area contributed by atoms with E-state index < -0.39 is 5.54 Å². The van der Waals surface area contributed by atoms with Crippen molar-refractivity contribution in [3.8, 4) is 5.75 Å². The minimum absolute atomic E-state index is 0.337. The maximum atomic E-state index is 12.9. The molecule has 1 aliphatic rings. The van der Waals surface area contributed by atoms with Gasteiger partial charge in [0, 0.05) is 12.4 Å². The Labute approximate surface area is 192 Å². The van der Waals surface area contributed by atoms with E-state index in [2.05, 4.69) is 22.5 Å². The van der Waals surface area contributed by atoms with Crippen LogP contribution < -0.4 is 21.1 Å². The molecule has 2 heterocycles. The molecule has 1 fully saturated rings. The zero-order chi connectivity index (χ0) is 22.7. The lowest BCUT2D eigenvalue weighted by atomic mass is 9.82. The van der Waals surface area contributed by atoms with Crippen LogP contribution in [0, 0.1) is 5.92 Å². The summed E-state index contributed by atoms with van der Waals surface area (Å²) < 4.78 is 5.81. The van der Waals surface area contributed by atoms with Crippen LogP contribution in [-0.4, -0.2) is 37.1 Å². The van der Waals surface area contributed by atoms with Crippen molar-refractivity contribution in [2.75, 3.05) is 26.2 Å². The number of rotatable bonds is 13. The number of carbonyl (C=O) groups excluding carboxylic acids is 1. The summed E-state index contributed by atoms with van der Waals surface area (Å²) in [7, 11) is 0. The maximum absolute atomic E-state index is 12.9. The van der Waals surface area contributed by atoms with Crippen LogP contribution in [0.1, 0.15) is 56.6 Å². The highest BCUT2D eigenvalue weighted by atomic mass is 16.5. The number of nitrogens with one attached hydrogen (secondary N) is 2. The molecule has 4 N–H and O–H groups in total. The van der Waals surface area contributed by atoms with Gasteiger partial charge in [0.15, 0.2) is 0 Å². The molecule has 6 heteroatoms. The van der Waals surface area contributed by atoms with Crippen LogP contribution in [0.25, 0.3) is 0 Å². The second-order valence-corrected chi connectivity index (χ2v) is 8.76. The Morgan fingerprint density at radius 3 is 2.56 bits per heavy atom. The average Bonchev–Trinajstić information content (AvgIpc) is 2.83. The molecule has 0 saturated carbocycles. The Morgan fingerprint density at radius 1 is 1.19 bits per heavy atom. The zero-order valence-corrected chi connectivity index (χ0v) is 19.3. The lowest BCUT2D eigenvalue weighted by molar-refractivity contribution is -0.125. The van der Waals surface area contributed by atoms with Crippen molar-refractivity contribution >= 4 is 5.91 Å². The van der Waals surface area contributed by atoms with Gasteiger partial charge in [-0.2, -0.15) is 0 Å². The molecule has 174 valence electrons. The predicted molar refractivity (Wildman–Crippen MR) is 128 cm³/mol. The van der Waals surface area contributed by atoms with Gasteiger partial charge in [0.2, 0.25) is 5.91 Å². The van der Waals surface area contributed by atoms with Gasteiger partial charge >= 0.3 is 0 Å². The van der Waals surface area contributed by atoms with Crippen molar-refractivity contribution < 1.29 is 9.53 Å². The topological polar surface area (TPSA) is 89.3 Å². The van der Waals surface area contributed by atoms with Gasteiger partial charge in [0.05, 0.1) is 6.61 Å². The van der Waals surface area contributed by atoms with E-state index in [1.807, 2.05) is 36.4 Å². The summed E-state index contributed by atoms with van der Waals surface area (Å²) in [6.07, 6.45) is 10.4. The standard InChI is InChI=1S/C26H38N4O2/c1-2-3-20-32-24-6-4-23(5-7-24)26(25(27)31,14-8-21-9-15-28-16-10-21)30-19-13-22-11-17-29-18-12-22/h4-7,9-10,15-16,22,29-30H,2-3,8,11-14,17-20H2,1H3,(H2,27,31). The molecule has 1 aromatic carbocycles. The fraction of sp³-hybridized carbons (Fsp3) is 0.538. The summed E-state index contributed by atoms with van der Waals surface area (Å²) in [5.41, 5.74) is 7.19. The van der Waals surface area contributed by atoms with Crippen molar-refractivity contribution in [1.29, 1.82) is 0 Å². The molecule has 0 spiro atoms. The normalized spacial score (nSPS) is 16.4. The molecule has 1 amide bonds. The Kier molecular flexibility index (Phi) is 9.50. The monoisotopic (exact) mass is 438 g/mol. The second-order valence-electron chi connectivity index (χ2n) is 8.76. The van der Waals surface area contributed by atoms with Gasteiger partial charge in [-0.3, -0.25) is 15.1 Å². The smallest absolute Gasteiger partial charge is 0.242 e. The molecule has 6 nitrogen and oxygen atoms in total.